The molecule has 1 aromatic heterocycles. The lowest BCUT2D eigenvalue weighted by atomic mass is 10.3. The summed E-state index contributed by atoms with van der Waals surface area (Å²) in [6.45, 7) is 0.115. The number of rotatable bonds is 5. The number of nitrogens with one attached hydrogen (secondary N) is 1. The molecule has 0 saturated carbocycles. The lowest BCUT2D eigenvalue weighted by Crippen LogP contribution is -2.21. The van der Waals surface area contributed by atoms with Crippen LogP contribution in [-0.2, 0) is 16.6 Å². The van der Waals surface area contributed by atoms with Crippen molar-refractivity contribution in [1.29, 1.82) is 0 Å². The molecule has 0 bridgehead atoms. The second-order valence-corrected chi connectivity index (χ2v) is 6.95. The van der Waals surface area contributed by atoms with Gasteiger partial charge in [-0.15, -0.1) is 0 Å². The van der Waals surface area contributed by atoms with Crippen molar-refractivity contribution in [2.24, 2.45) is 0 Å². The first kappa shape index (κ1) is 15.8. The zero-order valence-corrected chi connectivity index (χ0v) is 13.0. The molecular weight excluding hydrogens is 319 g/mol. The summed E-state index contributed by atoms with van der Waals surface area (Å²) in [5.41, 5.74) is 0.146. The van der Waals surface area contributed by atoms with Gasteiger partial charge in [-0.2, -0.15) is 0 Å². The van der Waals surface area contributed by atoms with E-state index in [0.29, 0.717) is 5.76 Å². The predicted molar refractivity (Wildman–Crippen MR) is 78.3 cm³/mol. The van der Waals surface area contributed by atoms with Crippen molar-refractivity contribution in [2.75, 3.05) is 19.4 Å². The Balaban J connectivity index is 2.14. The molecule has 114 valence electrons. The molecule has 8 heteroatoms. The Hall–Kier alpha value is -1.57. The van der Waals surface area contributed by atoms with Crippen LogP contribution in [0.25, 0.3) is 0 Å². The van der Waals surface area contributed by atoms with E-state index in [0.717, 1.165) is 4.31 Å². The van der Waals surface area contributed by atoms with Crippen molar-refractivity contribution >= 4 is 27.3 Å². The van der Waals surface area contributed by atoms with Gasteiger partial charge < -0.3 is 9.73 Å². The zero-order valence-electron chi connectivity index (χ0n) is 11.4. The van der Waals surface area contributed by atoms with E-state index in [-0.39, 0.29) is 22.3 Å². The van der Waals surface area contributed by atoms with E-state index in [2.05, 4.69) is 5.32 Å². The van der Waals surface area contributed by atoms with E-state index >= 15 is 0 Å². The van der Waals surface area contributed by atoms with Gasteiger partial charge in [-0.05, 0) is 24.3 Å². The van der Waals surface area contributed by atoms with Crippen LogP contribution in [0.5, 0.6) is 0 Å². The largest absolute Gasteiger partial charge is 0.446 e. The Bertz CT molecular complexity index is 723. The molecule has 0 spiro atoms. The van der Waals surface area contributed by atoms with Gasteiger partial charge >= 0.3 is 0 Å². The summed E-state index contributed by atoms with van der Waals surface area (Å²) in [4.78, 5) is 0. The number of hydrogen-bond donors (Lipinski definition) is 1. The Morgan fingerprint density at radius 1 is 1.29 bits per heavy atom. The zero-order chi connectivity index (χ0) is 15.6. The quantitative estimate of drug-likeness (QED) is 0.914. The first-order chi connectivity index (χ1) is 9.82. The first-order valence-electron chi connectivity index (χ1n) is 6.01. The molecule has 21 heavy (non-hydrogen) atoms. The van der Waals surface area contributed by atoms with Crippen LogP contribution in [0, 0.1) is 5.82 Å². The van der Waals surface area contributed by atoms with Crippen LogP contribution >= 0.6 is 11.6 Å². The van der Waals surface area contributed by atoms with E-state index < -0.39 is 15.8 Å². The average molecular weight is 333 g/mol. The van der Waals surface area contributed by atoms with Gasteiger partial charge in [0.15, 0.2) is 0 Å². The van der Waals surface area contributed by atoms with Crippen molar-refractivity contribution in [2.45, 2.75) is 11.6 Å². The number of sulfonamides is 1. The summed E-state index contributed by atoms with van der Waals surface area (Å²) >= 11 is 5.88. The number of nitrogens with zero attached hydrogens (tertiary/aromatic N) is 1. The molecule has 1 N–H and O–H groups in total. The smallest absolute Gasteiger partial charge is 0.275 e. The van der Waals surface area contributed by atoms with Gasteiger partial charge in [0, 0.05) is 14.1 Å². The van der Waals surface area contributed by atoms with E-state index in [9.17, 15) is 12.8 Å². The Morgan fingerprint density at radius 2 is 2.00 bits per heavy atom. The predicted octanol–water partition coefficient (Wildman–Crippen LogP) is 2.93. The third-order valence-corrected chi connectivity index (χ3v) is 4.78. The molecule has 0 aliphatic rings. The highest BCUT2D eigenvalue weighted by Gasteiger charge is 2.21. The highest BCUT2D eigenvalue weighted by atomic mass is 35.5. The molecule has 0 aliphatic carbocycles. The first-order valence-corrected chi connectivity index (χ1v) is 7.83. The Labute approximate surface area is 127 Å². The molecule has 0 fully saturated rings. The summed E-state index contributed by atoms with van der Waals surface area (Å²) in [5, 5.41) is 2.86. The van der Waals surface area contributed by atoms with E-state index in [1.54, 1.807) is 6.07 Å². The molecule has 0 saturated heterocycles. The van der Waals surface area contributed by atoms with Crippen molar-refractivity contribution in [3.05, 3.63) is 46.9 Å². The van der Waals surface area contributed by atoms with Gasteiger partial charge in [-0.25, -0.2) is 17.1 Å². The fourth-order valence-electron chi connectivity index (χ4n) is 1.61. The maximum absolute atomic E-state index is 13.6. The summed E-state index contributed by atoms with van der Waals surface area (Å²) in [7, 11) is -0.793. The van der Waals surface area contributed by atoms with Gasteiger partial charge in [-0.1, -0.05) is 17.7 Å². The molecule has 5 nitrogen and oxygen atoms in total. The minimum absolute atomic E-state index is 0.115. The fourth-order valence-corrected chi connectivity index (χ4v) is 2.66. The van der Waals surface area contributed by atoms with Crippen LogP contribution in [0.3, 0.4) is 0 Å². The standard InChI is InChI=1S/C13H14ClFN2O3S/c1-17(2)21(18,19)12-7-6-9(20-12)8-16-13-10(14)4-3-5-11(13)15/h3-7,16H,8H2,1-2H3. The Kier molecular flexibility index (Phi) is 4.55. The molecule has 0 aliphatic heterocycles. The van der Waals surface area contributed by atoms with Crippen molar-refractivity contribution < 1.29 is 17.2 Å². The van der Waals surface area contributed by atoms with Crippen LogP contribution < -0.4 is 5.32 Å². The summed E-state index contributed by atoms with van der Waals surface area (Å²) in [6, 6.07) is 7.19. The number of benzene rings is 1. The van der Waals surface area contributed by atoms with Crippen LogP contribution in [0.2, 0.25) is 5.02 Å². The van der Waals surface area contributed by atoms with Gasteiger partial charge in [0.2, 0.25) is 5.09 Å². The van der Waals surface area contributed by atoms with Crippen LogP contribution in [-0.4, -0.2) is 26.8 Å². The third-order valence-electron chi connectivity index (χ3n) is 2.77. The minimum atomic E-state index is -3.62. The average Bonchev–Trinajstić information content (AvgIpc) is 2.87. The molecule has 0 atom stereocenters. The number of para-hydroxylation sites is 1. The lowest BCUT2D eigenvalue weighted by Gasteiger charge is -2.09. The van der Waals surface area contributed by atoms with Crippen LogP contribution in [0.4, 0.5) is 10.1 Å². The molecule has 0 unspecified atom stereocenters. The molecular formula is C13H14ClFN2O3S. The molecule has 2 rings (SSSR count). The monoisotopic (exact) mass is 332 g/mol. The fraction of sp³-hybridized carbons (Fsp3) is 0.231. The van der Waals surface area contributed by atoms with Crippen molar-refractivity contribution in [3.8, 4) is 0 Å². The Morgan fingerprint density at radius 3 is 2.62 bits per heavy atom. The second kappa shape index (κ2) is 6.05. The lowest BCUT2D eigenvalue weighted by molar-refractivity contribution is 0.402. The minimum Gasteiger partial charge on any atom is -0.446 e. The van der Waals surface area contributed by atoms with Crippen LogP contribution in [0.15, 0.2) is 39.8 Å². The van der Waals surface area contributed by atoms with Gasteiger partial charge in [-0.3, -0.25) is 0 Å². The van der Waals surface area contributed by atoms with Crippen molar-refractivity contribution in [1.82, 2.24) is 4.31 Å². The SMILES string of the molecule is CN(C)S(=O)(=O)c1ccc(CNc2c(F)cccc2Cl)o1. The third kappa shape index (κ3) is 3.37. The molecule has 1 heterocycles. The van der Waals surface area contributed by atoms with Crippen LogP contribution in [0.1, 0.15) is 5.76 Å². The molecule has 1 aromatic carbocycles. The number of anilines is 1. The summed E-state index contributed by atoms with van der Waals surface area (Å²) in [6.07, 6.45) is 0. The highest BCUT2D eigenvalue weighted by molar-refractivity contribution is 7.88. The molecule has 0 amide bonds. The van der Waals surface area contributed by atoms with E-state index in [1.807, 2.05) is 0 Å². The molecule has 0 radical (unpaired) electrons. The summed E-state index contributed by atoms with van der Waals surface area (Å²) < 4.78 is 43.6. The normalized spacial score (nSPS) is 11.9. The van der Waals surface area contributed by atoms with Gasteiger partial charge in [0.1, 0.15) is 11.6 Å². The van der Waals surface area contributed by atoms with Gasteiger partial charge in [0.25, 0.3) is 10.0 Å². The maximum atomic E-state index is 13.6. The second-order valence-electron chi connectivity index (χ2n) is 4.46. The number of halogens is 2. The summed E-state index contributed by atoms with van der Waals surface area (Å²) in [5.74, 6) is -0.134. The molecule has 2 aromatic rings. The van der Waals surface area contributed by atoms with Gasteiger partial charge in [0.05, 0.1) is 17.3 Å². The maximum Gasteiger partial charge on any atom is 0.275 e. The van der Waals surface area contributed by atoms with E-state index in [4.69, 9.17) is 16.0 Å². The number of furan rings is 1. The highest BCUT2D eigenvalue weighted by Crippen LogP contribution is 2.25. The van der Waals surface area contributed by atoms with Crippen molar-refractivity contribution in [3.63, 3.8) is 0 Å². The number of hydrogen-bond acceptors (Lipinski definition) is 4. The topological polar surface area (TPSA) is 62.6 Å². The van der Waals surface area contributed by atoms with E-state index in [1.165, 1.54) is 38.4 Å².